The van der Waals surface area contributed by atoms with Gasteiger partial charge >= 0.3 is 5.97 Å². The lowest BCUT2D eigenvalue weighted by molar-refractivity contribution is -0.137. The summed E-state index contributed by atoms with van der Waals surface area (Å²) >= 11 is 7.77. The van der Waals surface area contributed by atoms with E-state index < -0.39 is 0 Å². The van der Waals surface area contributed by atoms with E-state index in [1.54, 1.807) is 11.8 Å². The van der Waals surface area contributed by atoms with Gasteiger partial charge in [-0.1, -0.05) is 12.8 Å². The molecule has 1 aliphatic carbocycles. The van der Waals surface area contributed by atoms with Gasteiger partial charge in [0.15, 0.2) is 0 Å². The molecular formula is C9H15ClO2S. The van der Waals surface area contributed by atoms with Crippen molar-refractivity contribution in [2.24, 2.45) is 0 Å². The predicted molar refractivity (Wildman–Crippen MR) is 56.4 cm³/mol. The lowest BCUT2D eigenvalue weighted by atomic mass is 10.00. The molecule has 0 bridgehead atoms. The number of methoxy groups -OCH3 is 1. The first kappa shape index (κ1) is 11.2. The van der Waals surface area contributed by atoms with Gasteiger partial charge in [-0.05, 0) is 12.8 Å². The van der Waals surface area contributed by atoms with Crippen LogP contribution in [-0.4, -0.2) is 29.5 Å². The van der Waals surface area contributed by atoms with Gasteiger partial charge in [0.2, 0.25) is 0 Å². The highest BCUT2D eigenvalue weighted by atomic mass is 35.5. The van der Waals surface area contributed by atoms with E-state index in [1.807, 2.05) is 0 Å². The third-order valence-electron chi connectivity index (χ3n) is 2.26. The zero-order valence-electron chi connectivity index (χ0n) is 7.79. The minimum atomic E-state index is -0.153. The van der Waals surface area contributed by atoms with Crippen LogP contribution in [0.4, 0.5) is 0 Å². The SMILES string of the molecule is COC(=O)CSC1CCCCC1Cl. The number of ether oxygens (including phenoxy) is 1. The Morgan fingerprint density at radius 1 is 1.54 bits per heavy atom. The fraction of sp³-hybridized carbons (Fsp3) is 0.889. The molecule has 0 amide bonds. The molecular weight excluding hydrogens is 208 g/mol. The van der Waals surface area contributed by atoms with E-state index in [4.69, 9.17) is 11.6 Å². The van der Waals surface area contributed by atoms with Gasteiger partial charge in [0.05, 0.1) is 12.9 Å². The molecule has 0 spiro atoms. The molecule has 13 heavy (non-hydrogen) atoms. The summed E-state index contributed by atoms with van der Waals surface area (Å²) in [7, 11) is 1.42. The van der Waals surface area contributed by atoms with Crippen LogP contribution in [0.3, 0.4) is 0 Å². The van der Waals surface area contributed by atoms with Crippen molar-refractivity contribution in [2.75, 3.05) is 12.9 Å². The van der Waals surface area contributed by atoms with Crippen LogP contribution in [0.2, 0.25) is 0 Å². The zero-order chi connectivity index (χ0) is 9.68. The molecule has 0 aromatic carbocycles. The molecule has 1 saturated carbocycles. The van der Waals surface area contributed by atoms with E-state index in [0.717, 1.165) is 12.8 Å². The van der Waals surface area contributed by atoms with Crippen molar-refractivity contribution in [1.82, 2.24) is 0 Å². The largest absolute Gasteiger partial charge is 0.468 e. The van der Waals surface area contributed by atoms with Crippen LogP contribution < -0.4 is 0 Å². The maximum atomic E-state index is 10.9. The van der Waals surface area contributed by atoms with Crippen molar-refractivity contribution in [3.05, 3.63) is 0 Å². The number of esters is 1. The smallest absolute Gasteiger partial charge is 0.315 e. The van der Waals surface area contributed by atoms with Crippen LogP contribution in [-0.2, 0) is 9.53 Å². The third kappa shape index (κ3) is 3.77. The highest BCUT2D eigenvalue weighted by Gasteiger charge is 2.24. The molecule has 0 N–H and O–H groups in total. The van der Waals surface area contributed by atoms with Gasteiger partial charge in [0.25, 0.3) is 0 Å². The second kappa shape index (κ2) is 5.76. The Labute approximate surface area is 88.4 Å². The summed E-state index contributed by atoms with van der Waals surface area (Å²) in [5, 5.41) is 0.679. The summed E-state index contributed by atoms with van der Waals surface area (Å²) in [4.78, 5) is 10.9. The molecule has 2 nitrogen and oxygen atoms in total. The number of carbonyl (C=O) groups excluding carboxylic acids is 1. The van der Waals surface area contributed by atoms with Gasteiger partial charge in [-0.15, -0.1) is 23.4 Å². The summed E-state index contributed by atoms with van der Waals surface area (Å²) in [6.07, 6.45) is 4.68. The van der Waals surface area contributed by atoms with Gasteiger partial charge in [-0.2, -0.15) is 0 Å². The topological polar surface area (TPSA) is 26.3 Å². The average molecular weight is 223 g/mol. The molecule has 0 aromatic rings. The monoisotopic (exact) mass is 222 g/mol. The van der Waals surface area contributed by atoms with Crippen LogP contribution in [0.5, 0.6) is 0 Å². The zero-order valence-corrected chi connectivity index (χ0v) is 9.37. The van der Waals surface area contributed by atoms with E-state index in [0.29, 0.717) is 11.0 Å². The Kier molecular flexibility index (Phi) is 4.96. The molecule has 0 aromatic heterocycles. The van der Waals surface area contributed by atoms with E-state index in [1.165, 1.54) is 20.0 Å². The van der Waals surface area contributed by atoms with Crippen molar-refractivity contribution < 1.29 is 9.53 Å². The first-order valence-corrected chi connectivity index (χ1v) is 6.05. The summed E-state index contributed by atoms with van der Waals surface area (Å²) in [5.74, 6) is 0.282. The van der Waals surface area contributed by atoms with Crippen LogP contribution in [0.15, 0.2) is 0 Å². The normalized spacial score (nSPS) is 28.5. The predicted octanol–water partition coefficient (Wildman–Crippen LogP) is 2.44. The Balaban J connectivity index is 2.22. The maximum Gasteiger partial charge on any atom is 0.315 e. The van der Waals surface area contributed by atoms with Crippen molar-refractivity contribution >= 4 is 29.3 Å². The van der Waals surface area contributed by atoms with Crippen molar-refractivity contribution in [3.63, 3.8) is 0 Å². The fourth-order valence-corrected chi connectivity index (χ4v) is 3.12. The maximum absolute atomic E-state index is 10.9. The van der Waals surface area contributed by atoms with E-state index >= 15 is 0 Å². The number of thioether (sulfide) groups is 1. The molecule has 0 aliphatic heterocycles. The minimum Gasteiger partial charge on any atom is -0.468 e. The van der Waals surface area contributed by atoms with Gasteiger partial charge in [-0.3, -0.25) is 4.79 Å². The number of rotatable bonds is 3. The summed E-state index contributed by atoms with van der Waals surface area (Å²) < 4.78 is 4.57. The van der Waals surface area contributed by atoms with E-state index in [2.05, 4.69) is 4.74 Å². The van der Waals surface area contributed by atoms with E-state index in [-0.39, 0.29) is 11.3 Å². The molecule has 0 saturated heterocycles. The quantitative estimate of drug-likeness (QED) is 0.542. The average Bonchev–Trinajstić information content (AvgIpc) is 2.16. The molecule has 0 radical (unpaired) electrons. The summed E-state index contributed by atoms with van der Waals surface area (Å²) in [6.45, 7) is 0. The van der Waals surface area contributed by atoms with Gasteiger partial charge in [0, 0.05) is 10.6 Å². The Morgan fingerprint density at radius 2 is 2.23 bits per heavy atom. The van der Waals surface area contributed by atoms with Crippen molar-refractivity contribution in [3.8, 4) is 0 Å². The lowest BCUT2D eigenvalue weighted by Gasteiger charge is -2.25. The van der Waals surface area contributed by atoms with Gasteiger partial charge < -0.3 is 4.74 Å². The molecule has 2 unspecified atom stereocenters. The van der Waals surface area contributed by atoms with Crippen LogP contribution >= 0.6 is 23.4 Å². The molecule has 2 atom stereocenters. The van der Waals surface area contributed by atoms with Crippen LogP contribution in [0, 0.1) is 0 Å². The first-order valence-electron chi connectivity index (χ1n) is 4.56. The standard InChI is InChI=1S/C9H15ClO2S/c1-12-9(11)6-13-8-5-3-2-4-7(8)10/h7-8H,2-6H2,1H3. The van der Waals surface area contributed by atoms with E-state index in [9.17, 15) is 4.79 Å². The highest BCUT2D eigenvalue weighted by molar-refractivity contribution is 8.00. The second-order valence-corrected chi connectivity index (χ2v) is 5.01. The fourth-order valence-electron chi connectivity index (χ4n) is 1.47. The number of halogens is 1. The lowest BCUT2D eigenvalue weighted by Crippen LogP contribution is -2.23. The molecule has 1 aliphatic rings. The Morgan fingerprint density at radius 3 is 2.85 bits per heavy atom. The number of hydrogen-bond donors (Lipinski definition) is 0. The molecule has 1 rings (SSSR count). The van der Waals surface area contributed by atoms with Crippen molar-refractivity contribution in [1.29, 1.82) is 0 Å². The van der Waals surface area contributed by atoms with Crippen molar-refractivity contribution in [2.45, 2.75) is 36.3 Å². The Hall–Kier alpha value is 0.110. The second-order valence-electron chi connectivity index (χ2n) is 3.23. The highest BCUT2D eigenvalue weighted by Crippen LogP contribution is 2.32. The molecule has 4 heteroatoms. The number of hydrogen-bond acceptors (Lipinski definition) is 3. The number of carbonyl (C=O) groups is 1. The molecule has 76 valence electrons. The molecule has 1 fully saturated rings. The van der Waals surface area contributed by atoms with Crippen LogP contribution in [0.25, 0.3) is 0 Å². The first-order chi connectivity index (χ1) is 6.24. The van der Waals surface area contributed by atoms with Gasteiger partial charge in [-0.25, -0.2) is 0 Å². The summed E-state index contributed by atoms with van der Waals surface area (Å²) in [6, 6.07) is 0. The van der Waals surface area contributed by atoms with Gasteiger partial charge in [0.1, 0.15) is 0 Å². The summed E-state index contributed by atoms with van der Waals surface area (Å²) in [5.41, 5.74) is 0. The van der Waals surface area contributed by atoms with Crippen LogP contribution in [0.1, 0.15) is 25.7 Å². The third-order valence-corrected chi connectivity index (χ3v) is 4.33. The Bertz CT molecular complexity index is 175. The molecule has 0 heterocycles. The number of alkyl halides is 1. The minimum absolute atomic E-state index is 0.153.